The maximum atomic E-state index is 12.0. The number of hydrogen-bond acceptors (Lipinski definition) is 5. The van der Waals surface area contributed by atoms with Gasteiger partial charge in [-0.15, -0.1) is 0 Å². The van der Waals surface area contributed by atoms with Crippen molar-refractivity contribution in [1.29, 1.82) is 0 Å². The summed E-state index contributed by atoms with van der Waals surface area (Å²) < 4.78 is 7.36. The van der Waals surface area contributed by atoms with Crippen molar-refractivity contribution in [3.05, 3.63) is 60.0 Å². The molecule has 1 aliphatic heterocycles. The van der Waals surface area contributed by atoms with Gasteiger partial charge >= 0.3 is 6.01 Å². The van der Waals surface area contributed by atoms with E-state index in [9.17, 15) is 4.79 Å². The molecule has 7 nitrogen and oxygen atoms in total. The predicted octanol–water partition coefficient (Wildman–Crippen LogP) is 2.48. The van der Waals surface area contributed by atoms with Crippen molar-refractivity contribution in [2.24, 2.45) is 7.05 Å². The van der Waals surface area contributed by atoms with Gasteiger partial charge in [0.05, 0.1) is 6.20 Å². The fraction of sp³-hybridized carbons (Fsp3) is 0.176. The van der Waals surface area contributed by atoms with Crippen LogP contribution >= 0.6 is 0 Å². The number of fused-ring (bicyclic) bond motifs is 1. The van der Waals surface area contributed by atoms with Crippen LogP contribution < -0.4 is 10.1 Å². The van der Waals surface area contributed by atoms with Crippen LogP contribution in [0.15, 0.2) is 48.9 Å². The van der Waals surface area contributed by atoms with Crippen LogP contribution in [0.4, 0.5) is 5.82 Å². The first-order valence-corrected chi connectivity index (χ1v) is 7.57. The highest BCUT2D eigenvalue weighted by molar-refractivity contribution is 5.94. The van der Waals surface area contributed by atoms with E-state index in [4.69, 9.17) is 4.74 Å². The summed E-state index contributed by atoms with van der Waals surface area (Å²) >= 11 is 0. The van der Waals surface area contributed by atoms with Crippen molar-refractivity contribution in [2.75, 3.05) is 5.32 Å². The number of aromatic nitrogens is 4. The van der Waals surface area contributed by atoms with Gasteiger partial charge < -0.3 is 10.1 Å². The zero-order valence-electron chi connectivity index (χ0n) is 13.0. The van der Waals surface area contributed by atoms with E-state index < -0.39 is 0 Å². The van der Waals surface area contributed by atoms with Crippen molar-refractivity contribution in [3.63, 3.8) is 0 Å². The number of nitrogens with one attached hydrogen (secondary N) is 1. The molecule has 0 fully saturated rings. The predicted molar refractivity (Wildman–Crippen MR) is 86.8 cm³/mol. The first kappa shape index (κ1) is 14.4. The van der Waals surface area contributed by atoms with E-state index in [0.29, 0.717) is 12.2 Å². The average molecular weight is 321 g/mol. The summed E-state index contributed by atoms with van der Waals surface area (Å²) in [5.41, 5.74) is 2.00. The summed E-state index contributed by atoms with van der Waals surface area (Å²) in [4.78, 5) is 20.1. The molecule has 0 bridgehead atoms. The molecule has 7 heteroatoms. The third-order valence-corrected chi connectivity index (χ3v) is 4.00. The molecule has 0 unspecified atom stereocenters. The van der Waals surface area contributed by atoms with Gasteiger partial charge in [0.1, 0.15) is 11.6 Å². The minimum atomic E-state index is -0.0531. The van der Waals surface area contributed by atoms with Gasteiger partial charge in [-0.05, 0) is 23.8 Å². The van der Waals surface area contributed by atoms with Crippen LogP contribution in [0, 0.1) is 0 Å². The molecule has 0 spiro atoms. The zero-order chi connectivity index (χ0) is 16.5. The number of aryl methyl sites for hydroxylation is 1. The molecule has 24 heavy (non-hydrogen) atoms. The molecular weight excluding hydrogens is 306 g/mol. The number of carbonyl (C=O) groups is 1. The number of ether oxygens (including phenoxy) is 1. The minimum Gasteiger partial charge on any atom is -0.424 e. The summed E-state index contributed by atoms with van der Waals surface area (Å²) in [6, 6.07) is 9.66. The number of amides is 1. The topological polar surface area (TPSA) is 81.9 Å². The Morgan fingerprint density at radius 3 is 2.92 bits per heavy atom. The molecule has 1 aliphatic rings. The Bertz CT molecular complexity index is 891. The van der Waals surface area contributed by atoms with Gasteiger partial charge in [-0.3, -0.25) is 9.48 Å². The van der Waals surface area contributed by atoms with Crippen molar-refractivity contribution < 1.29 is 9.53 Å². The molecule has 1 N–H and O–H groups in total. The van der Waals surface area contributed by atoms with Gasteiger partial charge in [-0.25, -0.2) is 9.97 Å². The second kappa shape index (κ2) is 5.77. The van der Waals surface area contributed by atoms with Crippen LogP contribution in [0.25, 0.3) is 0 Å². The number of hydrogen-bond donors (Lipinski definition) is 1. The maximum absolute atomic E-state index is 12.0. The molecule has 1 aromatic carbocycles. The van der Waals surface area contributed by atoms with E-state index >= 15 is 0 Å². The third-order valence-electron chi connectivity index (χ3n) is 4.00. The first-order valence-electron chi connectivity index (χ1n) is 7.57. The molecule has 1 amide bonds. The largest absolute Gasteiger partial charge is 0.424 e. The van der Waals surface area contributed by atoms with Gasteiger partial charge in [-0.1, -0.05) is 12.1 Å². The molecule has 1 atom stereocenters. The minimum absolute atomic E-state index is 0.0196. The molecule has 0 saturated heterocycles. The Balaban J connectivity index is 1.68. The van der Waals surface area contributed by atoms with Crippen LogP contribution in [0.3, 0.4) is 0 Å². The average Bonchev–Trinajstić information content (AvgIpc) is 2.96. The van der Waals surface area contributed by atoms with Gasteiger partial charge in [-0.2, -0.15) is 5.10 Å². The molecule has 3 aromatic rings. The molecule has 3 heterocycles. The lowest BCUT2D eigenvalue weighted by Crippen LogP contribution is -2.24. The van der Waals surface area contributed by atoms with E-state index in [1.807, 2.05) is 31.3 Å². The Morgan fingerprint density at radius 1 is 1.25 bits per heavy atom. The summed E-state index contributed by atoms with van der Waals surface area (Å²) in [5.74, 6) is 1.31. The lowest BCUT2D eigenvalue weighted by molar-refractivity contribution is -0.116. The third kappa shape index (κ3) is 2.60. The molecular formula is C17H15N5O2. The van der Waals surface area contributed by atoms with E-state index in [2.05, 4.69) is 20.4 Å². The molecule has 0 radical (unpaired) electrons. The summed E-state index contributed by atoms with van der Waals surface area (Å²) in [6.45, 7) is 0. The fourth-order valence-corrected chi connectivity index (χ4v) is 2.88. The van der Waals surface area contributed by atoms with Crippen molar-refractivity contribution >= 4 is 11.7 Å². The molecule has 120 valence electrons. The quantitative estimate of drug-likeness (QED) is 0.801. The normalized spacial score (nSPS) is 16.4. The van der Waals surface area contributed by atoms with Gasteiger partial charge in [0.15, 0.2) is 0 Å². The summed E-state index contributed by atoms with van der Waals surface area (Å²) in [6.07, 6.45) is 5.43. The Labute approximate surface area is 138 Å². The van der Waals surface area contributed by atoms with Crippen LogP contribution in [0.5, 0.6) is 11.8 Å². The van der Waals surface area contributed by atoms with Crippen molar-refractivity contribution in [3.8, 4) is 11.8 Å². The van der Waals surface area contributed by atoms with Crippen LogP contribution in [0.1, 0.15) is 23.5 Å². The summed E-state index contributed by atoms with van der Waals surface area (Å²) in [5, 5.41) is 7.12. The monoisotopic (exact) mass is 321 g/mol. The number of nitrogens with zero attached hydrogens (tertiary/aromatic N) is 4. The van der Waals surface area contributed by atoms with E-state index in [1.165, 1.54) is 0 Å². The van der Waals surface area contributed by atoms with Crippen molar-refractivity contribution in [2.45, 2.75) is 12.3 Å². The van der Waals surface area contributed by atoms with Crippen LogP contribution in [-0.4, -0.2) is 25.7 Å². The number of carbonyl (C=O) groups excluding carboxylic acids is 1. The van der Waals surface area contributed by atoms with E-state index in [1.54, 1.807) is 29.3 Å². The highest BCUT2D eigenvalue weighted by Crippen LogP contribution is 2.37. The molecule has 0 aliphatic carbocycles. The van der Waals surface area contributed by atoms with Crippen LogP contribution in [0.2, 0.25) is 0 Å². The number of anilines is 1. The first-order chi connectivity index (χ1) is 11.7. The Kier molecular flexibility index (Phi) is 3.45. The highest BCUT2D eigenvalue weighted by atomic mass is 16.5. The SMILES string of the molecule is Cn1ncc2c1NC(=O)C[C@H]2c1cccc(Oc2ncccn2)c1. The van der Waals surface area contributed by atoms with Crippen molar-refractivity contribution in [1.82, 2.24) is 19.7 Å². The summed E-state index contributed by atoms with van der Waals surface area (Å²) in [7, 11) is 1.81. The van der Waals surface area contributed by atoms with Gasteiger partial charge in [0.25, 0.3) is 0 Å². The van der Waals surface area contributed by atoms with Gasteiger partial charge in [0, 0.05) is 37.3 Å². The second-order valence-electron chi connectivity index (χ2n) is 5.58. The Morgan fingerprint density at radius 2 is 2.08 bits per heavy atom. The number of benzene rings is 1. The smallest absolute Gasteiger partial charge is 0.321 e. The number of rotatable bonds is 3. The fourth-order valence-electron chi connectivity index (χ4n) is 2.88. The molecule has 0 saturated carbocycles. The zero-order valence-corrected chi connectivity index (χ0v) is 13.0. The molecule has 4 rings (SSSR count). The van der Waals surface area contributed by atoms with E-state index in [0.717, 1.165) is 16.9 Å². The van der Waals surface area contributed by atoms with Crippen LogP contribution in [-0.2, 0) is 11.8 Å². The lowest BCUT2D eigenvalue weighted by atomic mass is 9.87. The highest BCUT2D eigenvalue weighted by Gasteiger charge is 2.29. The maximum Gasteiger partial charge on any atom is 0.321 e. The Hall–Kier alpha value is -3.22. The molecule has 2 aromatic heterocycles. The second-order valence-corrected chi connectivity index (χ2v) is 5.58. The standard InChI is InChI=1S/C17H15N5O2/c1-22-16-14(10-20-22)13(9-15(23)21-16)11-4-2-5-12(8-11)24-17-18-6-3-7-19-17/h2-8,10,13H,9H2,1H3,(H,21,23)/t13-/m0/s1. The lowest BCUT2D eigenvalue weighted by Gasteiger charge is -2.23. The van der Waals surface area contributed by atoms with Gasteiger partial charge in [0.2, 0.25) is 5.91 Å². The van der Waals surface area contributed by atoms with E-state index in [-0.39, 0.29) is 17.8 Å².